The van der Waals surface area contributed by atoms with Gasteiger partial charge in [-0.2, -0.15) is 0 Å². The molecule has 0 spiro atoms. The number of aryl methyl sites for hydroxylation is 1. The van der Waals surface area contributed by atoms with Gasteiger partial charge in [-0.1, -0.05) is 25.5 Å². The minimum atomic E-state index is -1.50. The molecule has 3 heterocycles. The van der Waals surface area contributed by atoms with Crippen LogP contribution < -0.4 is 5.73 Å². The highest BCUT2D eigenvalue weighted by Crippen LogP contribution is 2.41. The molecule has 36 heavy (non-hydrogen) atoms. The Hall–Kier alpha value is -2.65. The Balaban J connectivity index is 0.000000583. The highest BCUT2D eigenvalue weighted by atomic mass is 16.6. The van der Waals surface area contributed by atoms with Crippen LogP contribution in [-0.4, -0.2) is 60.2 Å². The Labute approximate surface area is 215 Å². The SMILES string of the molecule is CC.CC(C)(O)O.Cc1cn(C2CCC(C3=CCCN(C(=O)OC(C)(C)C)C3)C2)c2ncnc(N)c12. The fourth-order valence-corrected chi connectivity index (χ4v) is 4.67. The maximum atomic E-state index is 12.5. The van der Waals surface area contributed by atoms with Gasteiger partial charge < -0.3 is 30.2 Å². The minimum Gasteiger partial charge on any atom is -0.444 e. The quantitative estimate of drug-likeness (QED) is 0.390. The highest BCUT2D eigenvalue weighted by molar-refractivity contribution is 5.89. The van der Waals surface area contributed by atoms with Crippen molar-refractivity contribution in [1.29, 1.82) is 0 Å². The number of aromatic nitrogens is 3. The molecule has 2 atom stereocenters. The zero-order chi connectivity index (χ0) is 27.3. The van der Waals surface area contributed by atoms with Gasteiger partial charge in [0, 0.05) is 25.3 Å². The van der Waals surface area contributed by atoms with E-state index >= 15 is 0 Å². The van der Waals surface area contributed by atoms with Gasteiger partial charge in [0.15, 0.2) is 5.79 Å². The highest BCUT2D eigenvalue weighted by Gasteiger charge is 2.33. The molecule has 2 unspecified atom stereocenters. The number of aliphatic hydroxyl groups is 2. The van der Waals surface area contributed by atoms with Gasteiger partial charge in [-0.25, -0.2) is 14.8 Å². The third-order valence-electron chi connectivity index (χ3n) is 5.98. The molecule has 1 aliphatic carbocycles. The van der Waals surface area contributed by atoms with Crippen LogP contribution in [-0.2, 0) is 4.74 Å². The van der Waals surface area contributed by atoms with Crippen molar-refractivity contribution in [2.45, 2.75) is 98.5 Å². The van der Waals surface area contributed by atoms with Crippen LogP contribution in [0.5, 0.6) is 0 Å². The molecule has 4 rings (SSSR count). The Morgan fingerprint density at radius 1 is 1.14 bits per heavy atom. The van der Waals surface area contributed by atoms with E-state index in [0.29, 0.717) is 24.3 Å². The Bertz CT molecular complexity index is 1040. The van der Waals surface area contributed by atoms with Gasteiger partial charge in [0.05, 0.1) is 5.39 Å². The molecular formula is C27H45N5O4. The molecule has 0 aromatic carbocycles. The van der Waals surface area contributed by atoms with Gasteiger partial charge in [-0.05, 0) is 78.7 Å². The molecular weight excluding hydrogens is 458 g/mol. The molecule has 0 bridgehead atoms. The van der Waals surface area contributed by atoms with Gasteiger partial charge in [0.25, 0.3) is 0 Å². The fourth-order valence-electron chi connectivity index (χ4n) is 4.67. The lowest BCUT2D eigenvalue weighted by molar-refractivity contribution is -0.127. The average Bonchev–Trinajstić information content (AvgIpc) is 3.39. The Morgan fingerprint density at radius 3 is 2.39 bits per heavy atom. The minimum absolute atomic E-state index is 0.211. The van der Waals surface area contributed by atoms with Crippen molar-refractivity contribution in [2.24, 2.45) is 5.92 Å². The summed E-state index contributed by atoms with van der Waals surface area (Å²) >= 11 is 0. The summed E-state index contributed by atoms with van der Waals surface area (Å²) < 4.78 is 7.85. The molecule has 1 aliphatic heterocycles. The summed E-state index contributed by atoms with van der Waals surface area (Å²) in [7, 11) is 0. The maximum absolute atomic E-state index is 12.5. The van der Waals surface area contributed by atoms with Crippen LogP contribution in [0.4, 0.5) is 10.6 Å². The second kappa shape index (κ2) is 12.1. The van der Waals surface area contributed by atoms with E-state index in [-0.39, 0.29) is 6.09 Å². The molecule has 9 nitrogen and oxygen atoms in total. The number of amides is 1. The summed E-state index contributed by atoms with van der Waals surface area (Å²) in [5, 5.41) is 17.1. The monoisotopic (exact) mass is 503 g/mol. The van der Waals surface area contributed by atoms with Gasteiger partial charge in [-0.3, -0.25) is 0 Å². The number of carbonyl (C=O) groups excluding carboxylic acids is 1. The lowest BCUT2D eigenvalue weighted by Crippen LogP contribution is -2.40. The number of hydrogen-bond donors (Lipinski definition) is 3. The third-order valence-corrected chi connectivity index (χ3v) is 5.98. The first kappa shape index (κ1) is 29.6. The number of fused-ring (bicyclic) bond motifs is 1. The van der Waals surface area contributed by atoms with Crippen LogP contribution >= 0.6 is 0 Å². The number of ether oxygens (including phenoxy) is 1. The molecule has 1 amide bonds. The van der Waals surface area contributed by atoms with Crippen LogP contribution in [0.3, 0.4) is 0 Å². The second-order valence-electron chi connectivity index (χ2n) is 10.8. The van der Waals surface area contributed by atoms with Crippen molar-refractivity contribution in [3.63, 3.8) is 0 Å². The molecule has 1 fully saturated rings. The van der Waals surface area contributed by atoms with Crippen LogP contribution in [0.2, 0.25) is 0 Å². The third kappa shape index (κ3) is 8.20. The van der Waals surface area contributed by atoms with Crippen molar-refractivity contribution < 1.29 is 19.7 Å². The predicted octanol–water partition coefficient (Wildman–Crippen LogP) is 4.96. The predicted molar refractivity (Wildman–Crippen MR) is 143 cm³/mol. The first-order valence-electron chi connectivity index (χ1n) is 12.9. The normalized spacial score (nSPS) is 20.2. The first-order chi connectivity index (χ1) is 16.7. The molecule has 2 aromatic heterocycles. The molecule has 0 radical (unpaired) electrons. The molecule has 0 saturated heterocycles. The van der Waals surface area contributed by atoms with E-state index < -0.39 is 11.4 Å². The average molecular weight is 504 g/mol. The summed E-state index contributed by atoms with van der Waals surface area (Å²) in [4.78, 5) is 23.0. The van der Waals surface area contributed by atoms with Gasteiger partial charge in [-0.15, -0.1) is 0 Å². The fraction of sp³-hybridized carbons (Fsp3) is 0.667. The number of hydrogen-bond acceptors (Lipinski definition) is 7. The zero-order valence-electron chi connectivity index (χ0n) is 23.2. The van der Waals surface area contributed by atoms with Crippen LogP contribution in [0, 0.1) is 12.8 Å². The van der Waals surface area contributed by atoms with E-state index in [2.05, 4.69) is 33.7 Å². The largest absolute Gasteiger partial charge is 0.444 e. The molecule has 202 valence electrons. The number of nitrogens with zero attached hydrogens (tertiary/aromatic N) is 4. The van der Waals surface area contributed by atoms with Gasteiger partial charge in [0.2, 0.25) is 0 Å². The lowest BCUT2D eigenvalue weighted by atomic mass is 9.93. The summed E-state index contributed by atoms with van der Waals surface area (Å²) in [5.41, 5.74) is 9.03. The van der Waals surface area contributed by atoms with Crippen molar-refractivity contribution in [3.8, 4) is 0 Å². The number of carbonyl (C=O) groups is 1. The van der Waals surface area contributed by atoms with Gasteiger partial charge in [0.1, 0.15) is 23.4 Å². The van der Waals surface area contributed by atoms with Crippen LogP contribution in [0.25, 0.3) is 11.0 Å². The number of anilines is 1. The van der Waals surface area contributed by atoms with Crippen molar-refractivity contribution in [2.75, 3.05) is 18.8 Å². The summed E-state index contributed by atoms with van der Waals surface area (Å²) in [6, 6.07) is 0.392. The molecule has 1 saturated carbocycles. The van der Waals surface area contributed by atoms with E-state index in [1.54, 1.807) is 6.33 Å². The van der Waals surface area contributed by atoms with E-state index in [1.165, 1.54) is 19.4 Å². The van der Waals surface area contributed by atoms with E-state index in [4.69, 9.17) is 20.7 Å². The van der Waals surface area contributed by atoms with Crippen LogP contribution in [0.1, 0.15) is 85.8 Å². The van der Waals surface area contributed by atoms with Crippen molar-refractivity contribution in [1.82, 2.24) is 19.4 Å². The van der Waals surface area contributed by atoms with E-state index in [0.717, 1.165) is 48.8 Å². The number of rotatable bonds is 2. The lowest BCUT2D eigenvalue weighted by Gasteiger charge is -2.32. The van der Waals surface area contributed by atoms with Crippen molar-refractivity contribution in [3.05, 3.63) is 29.7 Å². The molecule has 2 aromatic rings. The number of nitrogen functional groups attached to an aromatic ring is 1. The smallest absolute Gasteiger partial charge is 0.410 e. The topological polar surface area (TPSA) is 127 Å². The van der Waals surface area contributed by atoms with E-state index in [1.807, 2.05) is 39.5 Å². The molecule has 2 aliphatic rings. The summed E-state index contributed by atoms with van der Waals surface area (Å²) in [6.45, 7) is 15.8. The second-order valence-corrected chi connectivity index (χ2v) is 10.8. The maximum Gasteiger partial charge on any atom is 0.410 e. The standard InChI is InChI=1S/C22H31N5O2.C3H8O2.C2H6/c1-14-11-27(20-18(14)19(23)24-13-25-20)17-8-7-15(10-17)16-6-5-9-26(12-16)21(28)29-22(2,3)4;1-3(2,4)5;1-2/h6,11,13,15,17H,5,7-10,12H2,1-4H3,(H2,23,24,25);4-5H,1-2H3;1-2H3. The van der Waals surface area contributed by atoms with E-state index in [9.17, 15) is 4.79 Å². The zero-order valence-corrected chi connectivity index (χ0v) is 23.2. The molecule has 4 N–H and O–H groups in total. The number of nitrogens with two attached hydrogens (primary N) is 1. The summed E-state index contributed by atoms with van der Waals surface area (Å²) in [6.07, 6.45) is 9.99. The first-order valence-corrected chi connectivity index (χ1v) is 12.9. The van der Waals surface area contributed by atoms with Crippen molar-refractivity contribution >= 4 is 22.9 Å². The summed E-state index contributed by atoms with van der Waals surface area (Å²) in [5.74, 6) is -0.467. The Morgan fingerprint density at radius 2 is 1.78 bits per heavy atom. The van der Waals surface area contributed by atoms with Gasteiger partial charge >= 0.3 is 6.09 Å². The molecule has 9 heteroatoms. The Kier molecular flexibility index (Phi) is 9.91. The van der Waals surface area contributed by atoms with Crippen LogP contribution in [0.15, 0.2) is 24.2 Å².